The van der Waals surface area contributed by atoms with E-state index in [0.717, 1.165) is 0 Å². The van der Waals surface area contributed by atoms with Crippen molar-refractivity contribution in [2.45, 2.75) is 25.8 Å². The molecule has 116 valence electrons. The first-order chi connectivity index (χ1) is 9.81. The van der Waals surface area contributed by atoms with Crippen LogP contribution < -0.4 is 10.6 Å². The van der Waals surface area contributed by atoms with Crippen molar-refractivity contribution in [3.63, 3.8) is 0 Å². The van der Waals surface area contributed by atoms with Crippen LogP contribution in [0, 0.1) is 0 Å². The number of carbonyl (C=O) groups is 2. The predicted molar refractivity (Wildman–Crippen MR) is 80.8 cm³/mol. The van der Waals surface area contributed by atoms with Gasteiger partial charge in [0.05, 0.1) is 29.4 Å². The highest BCUT2D eigenvalue weighted by Gasteiger charge is 2.21. The number of hydrogen-bond acceptors (Lipinski definition) is 4. The van der Waals surface area contributed by atoms with Crippen molar-refractivity contribution in [3.8, 4) is 0 Å². The van der Waals surface area contributed by atoms with E-state index in [0.29, 0.717) is 6.42 Å². The fraction of sp³-hybridized carbons (Fsp3) is 0.429. The van der Waals surface area contributed by atoms with E-state index in [2.05, 4.69) is 10.6 Å². The fourth-order valence-corrected chi connectivity index (χ4v) is 1.70. The molecule has 4 N–H and O–H groups in total. The fourth-order valence-electron chi connectivity index (χ4n) is 1.53. The predicted octanol–water partition coefficient (Wildman–Crippen LogP) is 1.73. The van der Waals surface area contributed by atoms with Gasteiger partial charge in [0.15, 0.2) is 0 Å². The Bertz CT molecular complexity index is 530. The highest BCUT2D eigenvalue weighted by Crippen LogP contribution is 2.23. The number of aromatic carboxylic acids is 1. The Labute approximate surface area is 128 Å². The summed E-state index contributed by atoms with van der Waals surface area (Å²) in [7, 11) is 0. The van der Waals surface area contributed by atoms with Crippen LogP contribution in [0.2, 0.25) is 5.02 Å². The summed E-state index contributed by atoms with van der Waals surface area (Å²) in [5, 5.41) is 23.9. The molecule has 1 unspecified atom stereocenters. The zero-order chi connectivity index (χ0) is 16.0. The van der Waals surface area contributed by atoms with E-state index >= 15 is 0 Å². The minimum absolute atomic E-state index is 0.0153. The number of aliphatic hydroxyl groups excluding tert-OH is 1. The molecule has 0 heterocycles. The average Bonchev–Trinajstić information content (AvgIpc) is 2.47. The third kappa shape index (κ3) is 5.00. The maximum absolute atomic E-state index is 11.9. The second-order valence-corrected chi connectivity index (χ2v) is 5.38. The Morgan fingerprint density at radius 1 is 1.38 bits per heavy atom. The number of carboxylic acids is 1. The third-order valence-corrected chi connectivity index (χ3v) is 3.62. The summed E-state index contributed by atoms with van der Waals surface area (Å²) in [4.78, 5) is 22.8. The van der Waals surface area contributed by atoms with Crippen molar-refractivity contribution >= 4 is 29.2 Å². The first-order valence-corrected chi connectivity index (χ1v) is 6.87. The molecule has 0 radical (unpaired) electrons. The van der Waals surface area contributed by atoms with Crippen LogP contribution in [-0.4, -0.2) is 40.8 Å². The SMILES string of the molecule is CCC(C)(CO)NCC(=O)Nc1cc(C(=O)O)ccc1Cl. The molecule has 1 aromatic rings. The molecule has 21 heavy (non-hydrogen) atoms. The van der Waals surface area contributed by atoms with Crippen LogP contribution in [0.3, 0.4) is 0 Å². The standard InChI is InChI=1S/C14H19ClN2O4/c1-3-14(2,8-18)16-7-12(19)17-11-6-9(13(20)21)4-5-10(11)15/h4-6,16,18H,3,7-8H2,1-2H3,(H,17,19)(H,20,21). The smallest absolute Gasteiger partial charge is 0.335 e. The van der Waals surface area contributed by atoms with Crippen molar-refractivity contribution in [2.75, 3.05) is 18.5 Å². The Morgan fingerprint density at radius 2 is 2.05 bits per heavy atom. The van der Waals surface area contributed by atoms with Gasteiger partial charge >= 0.3 is 5.97 Å². The van der Waals surface area contributed by atoms with Gasteiger partial charge in [-0.25, -0.2) is 4.79 Å². The van der Waals surface area contributed by atoms with Crippen molar-refractivity contribution < 1.29 is 19.8 Å². The van der Waals surface area contributed by atoms with E-state index < -0.39 is 11.5 Å². The second kappa shape index (κ2) is 7.40. The highest BCUT2D eigenvalue weighted by molar-refractivity contribution is 6.33. The molecule has 0 aliphatic carbocycles. The number of amides is 1. The molecular formula is C14H19ClN2O4. The number of halogens is 1. The number of nitrogens with one attached hydrogen (secondary N) is 2. The molecule has 0 aromatic heterocycles. The molecule has 7 heteroatoms. The number of carbonyl (C=O) groups excluding carboxylic acids is 1. The molecule has 1 atom stereocenters. The molecular weight excluding hydrogens is 296 g/mol. The average molecular weight is 315 g/mol. The van der Waals surface area contributed by atoms with Gasteiger partial charge in [0, 0.05) is 5.54 Å². The third-order valence-electron chi connectivity index (χ3n) is 3.29. The number of rotatable bonds is 7. The maximum Gasteiger partial charge on any atom is 0.335 e. The lowest BCUT2D eigenvalue weighted by atomic mass is 10.0. The van der Waals surface area contributed by atoms with Gasteiger partial charge < -0.3 is 20.8 Å². The summed E-state index contributed by atoms with van der Waals surface area (Å²) in [6.07, 6.45) is 0.659. The molecule has 0 aliphatic rings. The summed E-state index contributed by atoms with van der Waals surface area (Å²) in [5.41, 5.74) is -0.258. The van der Waals surface area contributed by atoms with Crippen molar-refractivity contribution in [3.05, 3.63) is 28.8 Å². The van der Waals surface area contributed by atoms with E-state index in [-0.39, 0.29) is 35.3 Å². The minimum atomic E-state index is -1.10. The largest absolute Gasteiger partial charge is 0.478 e. The van der Waals surface area contributed by atoms with Crippen LogP contribution in [-0.2, 0) is 4.79 Å². The lowest BCUT2D eigenvalue weighted by Gasteiger charge is -2.26. The molecule has 1 aromatic carbocycles. The number of aliphatic hydroxyl groups is 1. The molecule has 0 bridgehead atoms. The summed E-state index contributed by atoms with van der Waals surface area (Å²) in [6.45, 7) is 3.59. The van der Waals surface area contributed by atoms with Crippen molar-refractivity contribution in [1.82, 2.24) is 5.32 Å². The van der Waals surface area contributed by atoms with E-state index in [4.69, 9.17) is 16.7 Å². The van der Waals surface area contributed by atoms with Crippen LogP contribution in [0.15, 0.2) is 18.2 Å². The van der Waals surface area contributed by atoms with Crippen molar-refractivity contribution in [2.24, 2.45) is 0 Å². The van der Waals surface area contributed by atoms with E-state index in [1.807, 2.05) is 6.92 Å². The van der Waals surface area contributed by atoms with Gasteiger partial charge in [-0.15, -0.1) is 0 Å². The molecule has 0 aliphatic heterocycles. The molecule has 0 fully saturated rings. The lowest BCUT2D eigenvalue weighted by molar-refractivity contribution is -0.115. The molecule has 0 spiro atoms. The molecule has 0 saturated heterocycles. The van der Waals surface area contributed by atoms with Gasteiger partial charge in [0.25, 0.3) is 0 Å². The van der Waals surface area contributed by atoms with E-state index in [1.54, 1.807) is 6.92 Å². The van der Waals surface area contributed by atoms with Gasteiger partial charge in [-0.1, -0.05) is 18.5 Å². The normalized spacial score (nSPS) is 13.5. The zero-order valence-corrected chi connectivity index (χ0v) is 12.7. The van der Waals surface area contributed by atoms with Crippen LogP contribution in [0.1, 0.15) is 30.6 Å². The van der Waals surface area contributed by atoms with Gasteiger partial charge in [-0.2, -0.15) is 0 Å². The van der Waals surface area contributed by atoms with Crippen LogP contribution in [0.4, 0.5) is 5.69 Å². The Balaban J connectivity index is 2.71. The van der Waals surface area contributed by atoms with Crippen LogP contribution in [0.25, 0.3) is 0 Å². The van der Waals surface area contributed by atoms with Crippen LogP contribution >= 0.6 is 11.6 Å². The molecule has 0 saturated carbocycles. The Hall–Kier alpha value is -1.63. The molecule has 6 nitrogen and oxygen atoms in total. The number of hydrogen-bond donors (Lipinski definition) is 4. The minimum Gasteiger partial charge on any atom is -0.478 e. The number of carboxylic acid groups (broad SMARTS) is 1. The molecule has 1 rings (SSSR count). The summed E-state index contributed by atoms with van der Waals surface area (Å²) in [5.74, 6) is -1.47. The zero-order valence-electron chi connectivity index (χ0n) is 11.9. The lowest BCUT2D eigenvalue weighted by Crippen LogP contribution is -2.48. The van der Waals surface area contributed by atoms with Gasteiger partial charge in [-0.3, -0.25) is 4.79 Å². The maximum atomic E-state index is 11.9. The second-order valence-electron chi connectivity index (χ2n) is 4.97. The van der Waals surface area contributed by atoms with Gasteiger partial charge in [0.2, 0.25) is 5.91 Å². The molecule has 1 amide bonds. The van der Waals surface area contributed by atoms with E-state index in [1.165, 1.54) is 18.2 Å². The van der Waals surface area contributed by atoms with Gasteiger partial charge in [0.1, 0.15) is 0 Å². The summed E-state index contributed by atoms with van der Waals surface area (Å²) < 4.78 is 0. The number of benzene rings is 1. The van der Waals surface area contributed by atoms with Crippen LogP contribution in [0.5, 0.6) is 0 Å². The first-order valence-electron chi connectivity index (χ1n) is 6.50. The quantitative estimate of drug-likeness (QED) is 0.614. The Kier molecular flexibility index (Phi) is 6.14. The van der Waals surface area contributed by atoms with E-state index in [9.17, 15) is 14.7 Å². The number of anilines is 1. The Morgan fingerprint density at radius 3 is 2.57 bits per heavy atom. The first kappa shape index (κ1) is 17.4. The van der Waals surface area contributed by atoms with Gasteiger partial charge in [-0.05, 0) is 31.5 Å². The monoisotopic (exact) mass is 314 g/mol. The highest BCUT2D eigenvalue weighted by atomic mass is 35.5. The van der Waals surface area contributed by atoms with Crippen molar-refractivity contribution in [1.29, 1.82) is 0 Å². The summed E-state index contributed by atoms with van der Waals surface area (Å²) in [6, 6.07) is 4.07. The topological polar surface area (TPSA) is 98.7 Å². The summed E-state index contributed by atoms with van der Waals surface area (Å²) >= 11 is 5.92.